The molecule has 1 unspecified atom stereocenters. The summed E-state index contributed by atoms with van der Waals surface area (Å²) in [4.78, 5) is 26.4. The molecule has 11 heteroatoms. The highest BCUT2D eigenvalue weighted by Gasteiger charge is 2.42. The van der Waals surface area contributed by atoms with E-state index in [0.29, 0.717) is 44.2 Å². The fourth-order valence-electron chi connectivity index (χ4n) is 7.86. The zero-order valence-corrected chi connectivity index (χ0v) is 30.0. The molecular formula is C40H50N8O3. The van der Waals surface area contributed by atoms with Crippen LogP contribution in [0.4, 0.5) is 5.95 Å². The molecule has 2 aliphatic rings. The van der Waals surface area contributed by atoms with Crippen LogP contribution in [-0.2, 0) is 29.7 Å². The van der Waals surface area contributed by atoms with Crippen molar-refractivity contribution in [3.05, 3.63) is 102 Å². The van der Waals surface area contributed by atoms with Crippen LogP contribution in [0.5, 0.6) is 5.75 Å². The van der Waals surface area contributed by atoms with Crippen LogP contribution in [0.25, 0.3) is 11.0 Å². The summed E-state index contributed by atoms with van der Waals surface area (Å²) < 4.78 is 15.6. The standard InChI is InChI=1S/C40H50N8O3/c1-3-51-29-28-48-36-13-8-7-12-35(36)42-39(48)45-21-9-20-44(26-27-45)23-17-40(33-10-5-4-6-11-33)18-24-46(31-40)38(49)34-30-32(14-15-37(34)50-2)16-22-47-25-19-41-43-47/h4-8,10-15,19,25,30H,3,9,16-18,20-24,26-29,31H2,1-2H3. The minimum absolute atomic E-state index is 0.0323. The second kappa shape index (κ2) is 16.1. The quantitative estimate of drug-likeness (QED) is 0.145. The fraction of sp³-hybridized carbons (Fsp3) is 0.450. The molecule has 51 heavy (non-hydrogen) atoms. The summed E-state index contributed by atoms with van der Waals surface area (Å²) in [6.07, 6.45) is 7.28. The highest BCUT2D eigenvalue weighted by molar-refractivity contribution is 5.97. The molecule has 1 amide bonds. The predicted octanol–water partition coefficient (Wildman–Crippen LogP) is 5.30. The van der Waals surface area contributed by atoms with Crippen LogP contribution in [0.2, 0.25) is 0 Å². The highest BCUT2D eigenvalue weighted by atomic mass is 16.5. The average Bonchev–Trinajstić information content (AvgIpc) is 3.90. The molecule has 0 aliphatic carbocycles. The third-order valence-corrected chi connectivity index (χ3v) is 10.7. The van der Waals surface area contributed by atoms with Gasteiger partial charge >= 0.3 is 0 Å². The van der Waals surface area contributed by atoms with Crippen molar-refractivity contribution in [3.63, 3.8) is 0 Å². The Hall–Kier alpha value is -4.74. The maximum absolute atomic E-state index is 14.2. The number of imidazole rings is 1. The molecule has 0 spiro atoms. The van der Waals surface area contributed by atoms with Crippen molar-refractivity contribution < 1.29 is 14.3 Å². The van der Waals surface area contributed by atoms with Crippen LogP contribution in [0.15, 0.2) is 85.2 Å². The molecule has 7 rings (SSSR count). The molecule has 2 aliphatic heterocycles. The first-order chi connectivity index (χ1) is 25.1. The third-order valence-electron chi connectivity index (χ3n) is 10.7. The summed E-state index contributed by atoms with van der Waals surface area (Å²) in [5.41, 5.74) is 5.09. The van der Waals surface area contributed by atoms with Crippen LogP contribution in [0.1, 0.15) is 47.7 Å². The van der Waals surface area contributed by atoms with Gasteiger partial charge in [-0.3, -0.25) is 9.48 Å². The van der Waals surface area contributed by atoms with E-state index in [2.05, 4.69) is 79.3 Å². The molecule has 0 N–H and O–H groups in total. The van der Waals surface area contributed by atoms with Gasteiger partial charge in [0.15, 0.2) is 0 Å². The van der Waals surface area contributed by atoms with Gasteiger partial charge in [0.1, 0.15) is 5.75 Å². The molecule has 2 saturated heterocycles. The summed E-state index contributed by atoms with van der Waals surface area (Å²) in [7, 11) is 1.64. The van der Waals surface area contributed by atoms with E-state index in [1.54, 1.807) is 13.3 Å². The number of benzene rings is 3. The number of aryl methyl sites for hydroxylation is 2. The maximum Gasteiger partial charge on any atom is 0.257 e. The predicted molar refractivity (Wildman–Crippen MR) is 199 cm³/mol. The van der Waals surface area contributed by atoms with E-state index in [4.69, 9.17) is 14.5 Å². The molecule has 2 aromatic heterocycles. The van der Waals surface area contributed by atoms with Crippen LogP contribution in [0.3, 0.4) is 0 Å². The number of carbonyl (C=O) groups excluding carboxylic acids is 1. The smallest absolute Gasteiger partial charge is 0.257 e. The number of rotatable bonds is 14. The van der Waals surface area contributed by atoms with Crippen LogP contribution < -0.4 is 9.64 Å². The average molecular weight is 691 g/mol. The molecule has 11 nitrogen and oxygen atoms in total. The Bertz CT molecular complexity index is 1880. The number of hydrogen-bond acceptors (Lipinski definition) is 8. The van der Waals surface area contributed by atoms with Crippen LogP contribution in [0, 0.1) is 0 Å². The number of nitrogens with zero attached hydrogens (tertiary/aromatic N) is 8. The van der Waals surface area contributed by atoms with Gasteiger partial charge in [-0.25, -0.2) is 4.98 Å². The summed E-state index contributed by atoms with van der Waals surface area (Å²) in [6, 6.07) is 25.2. The largest absolute Gasteiger partial charge is 0.496 e. The Morgan fingerprint density at radius 3 is 2.61 bits per heavy atom. The molecule has 268 valence electrons. The van der Waals surface area contributed by atoms with Crippen molar-refractivity contribution in [3.8, 4) is 5.75 Å². The second-order valence-electron chi connectivity index (χ2n) is 13.8. The topological polar surface area (TPSA) is 93.8 Å². The zero-order valence-electron chi connectivity index (χ0n) is 30.0. The lowest BCUT2D eigenvalue weighted by molar-refractivity contribution is 0.0777. The molecule has 3 aromatic carbocycles. The Labute approximate surface area is 300 Å². The summed E-state index contributed by atoms with van der Waals surface area (Å²) >= 11 is 0. The van der Waals surface area contributed by atoms with E-state index in [9.17, 15) is 4.79 Å². The monoisotopic (exact) mass is 690 g/mol. The van der Waals surface area contributed by atoms with Crippen LogP contribution >= 0.6 is 0 Å². The van der Waals surface area contributed by atoms with Crippen molar-refractivity contribution in [2.24, 2.45) is 0 Å². The number of ether oxygens (including phenoxy) is 2. The van der Waals surface area contributed by atoms with Gasteiger partial charge in [-0.15, -0.1) is 5.10 Å². The first-order valence-corrected chi connectivity index (χ1v) is 18.4. The lowest BCUT2D eigenvalue weighted by Gasteiger charge is -2.33. The van der Waals surface area contributed by atoms with Gasteiger partial charge in [0.05, 0.1) is 36.5 Å². The molecule has 2 fully saturated rings. The van der Waals surface area contributed by atoms with Gasteiger partial charge in [0.25, 0.3) is 5.91 Å². The van der Waals surface area contributed by atoms with Gasteiger partial charge in [-0.2, -0.15) is 0 Å². The molecule has 4 heterocycles. The van der Waals surface area contributed by atoms with Gasteiger partial charge < -0.3 is 28.7 Å². The number of anilines is 1. The van der Waals surface area contributed by atoms with Crippen molar-refractivity contribution in [2.45, 2.75) is 51.1 Å². The summed E-state index contributed by atoms with van der Waals surface area (Å²) in [5, 5.41) is 7.99. The SMILES string of the molecule is CCOCCn1c(N2CCCN(CCC3(c4ccccc4)CCN(C(=O)c4cc(CCn5ccnn5)ccc4OC)C3)CC2)nc2ccccc21. The van der Waals surface area contributed by atoms with E-state index in [0.717, 1.165) is 87.5 Å². The van der Waals surface area contributed by atoms with Crippen molar-refractivity contribution >= 4 is 22.9 Å². The fourth-order valence-corrected chi connectivity index (χ4v) is 7.86. The van der Waals surface area contributed by atoms with Gasteiger partial charge in [0.2, 0.25) is 5.95 Å². The van der Waals surface area contributed by atoms with E-state index in [1.165, 1.54) is 5.56 Å². The summed E-state index contributed by atoms with van der Waals surface area (Å²) in [5.74, 6) is 1.69. The number of carbonyl (C=O) groups is 1. The second-order valence-corrected chi connectivity index (χ2v) is 13.8. The Kier molecular flexibility index (Phi) is 10.9. The molecule has 0 saturated carbocycles. The van der Waals surface area contributed by atoms with Gasteiger partial charge in [-0.1, -0.05) is 53.7 Å². The van der Waals surface area contributed by atoms with E-state index in [1.807, 2.05) is 40.9 Å². The summed E-state index contributed by atoms with van der Waals surface area (Å²) in [6.45, 7) is 11.2. The number of para-hydroxylation sites is 2. The minimum Gasteiger partial charge on any atom is -0.496 e. The van der Waals surface area contributed by atoms with E-state index < -0.39 is 0 Å². The number of amides is 1. The molecular weight excluding hydrogens is 640 g/mol. The Morgan fingerprint density at radius 2 is 1.78 bits per heavy atom. The minimum atomic E-state index is -0.117. The molecule has 0 bridgehead atoms. The number of methoxy groups -OCH3 is 1. The van der Waals surface area contributed by atoms with Crippen molar-refractivity contribution in [2.75, 3.05) is 71.0 Å². The highest BCUT2D eigenvalue weighted by Crippen LogP contribution is 2.39. The third kappa shape index (κ3) is 7.79. The lowest BCUT2D eigenvalue weighted by atomic mass is 9.76. The Balaban J connectivity index is 1.04. The lowest BCUT2D eigenvalue weighted by Crippen LogP contribution is -2.39. The maximum atomic E-state index is 14.2. The molecule has 5 aromatic rings. The van der Waals surface area contributed by atoms with Gasteiger partial charge in [-0.05, 0) is 81.1 Å². The number of likely N-dealkylation sites (tertiary alicyclic amines) is 1. The molecule has 1 atom stereocenters. The van der Waals surface area contributed by atoms with Crippen molar-refractivity contribution in [1.29, 1.82) is 0 Å². The number of aromatic nitrogens is 5. The van der Waals surface area contributed by atoms with Crippen molar-refractivity contribution in [1.82, 2.24) is 34.3 Å². The first-order valence-electron chi connectivity index (χ1n) is 18.4. The normalized spacial score (nSPS) is 18.4. The first kappa shape index (κ1) is 34.7. The molecule has 0 radical (unpaired) electrons. The van der Waals surface area contributed by atoms with E-state index in [-0.39, 0.29) is 11.3 Å². The van der Waals surface area contributed by atoms with Gasteiger partial charge in [0, 0.05) is 64.0 Å². The Morgan fingerprint density at radius 1 is 0.922 bits per heavy atom. The number of hydrogen-bond donors (Lipinski definition) is 0. The van der Waals surface area contributed by atoms with E-state index >= 15 is 0 Å². The van der Waals surface area contributed by atoms with Crippen LogP contribution in [-0.4, -0.2) is 106 Å². The zero-order chi connectivity index (χ0) is 35.0. The number of fused-ring (bicyclic) bond motifs is 1.